The first-order valence-corrected chi connectivity index (χ1v) is 6.25. The van der Waals surface area contributed by atoms with E-state index in [0.717, 1.165) is 24.9 Å². The van der Waals surface area contributed by atoms with Gasteiger partial charge in [0.15, 0.2) is 6.29 Å². The van der Waals surface area contributed by atoms with Gasteiger partial charge in [0.2, 0.25) is 0 Å². The van der Waals surface area contributed by atoms with Crippen molar-refractivity contribution in [2.75, 3.05) is 0 Å². The van der Waals surface area contributed by atoms with Crippen LogP contribution >= 0.6 is 0 Å². The van der Waals surface area contributed by atoms with Gasteiger partial charge in [0.1, 0.15) is 5.69 Å². The Hall–Kier alpha value is -1.19. The number of carbonyl (C=O) groups is 1. The van der Waals surface area contributed by atoms with E-state index >= 15 is 0 Å². The van der Waals surface area contributed by atoms with Gasteiger partial charge in [-0.3, -0.25) is 4.79 Å². The zero-order valence-corrected chi connectivity index (χ0v) is 9.85. The summed E-state index contributed by atoms with van der Waals surface area (Å²) in [6.45, 7) is 3.11. The highest BCUT2D eigenvalue weighted by Crippen LogP contribution is 2.40. The molecular weight excluding hydrogens is 202 g/mol. The van der Waals surface area contributed by atoms with Crippen molar-refractivity contribution in [1.29, 1.82) is 0 Å². The quantitative estimate of drug-likeness (QED) is 0.525. The van der Waals surface area contributed by atoms with E-state index in [4.69, 9.17) is 0 Å². The number of unbranched alkanes of at least 4 members (excludes halogenated alkanes) is 3. The van der Waals surface area contributed by atoms with Gasteiger partial charge in [-0.25, -0.2) is 4.68 Å². The van der Waals surface area contributed by atoms with Crippen LogP contribution < -0.4 is 0 Å². The first kappa shape index (κ1) is 11.3. The Labute approximate surface area is 96.0 Å². The number of aromatic nitrogens is 3. The molecule has 16 heavy (non-hydrogen) atoms. The van der Waals surface area contributed by atoms with Crippen LogP contribution in [0.15, 0.2) is 0 Å². The Kier molecular flexibility index (Phi) is 3.70. The Balaban J connectivity index is 1.97. The lowest BCUT2D eigenvalue weighted by Crippen LogP contribution is -2.05. The third kappa shape index (κ3) is 2.49. The second kappa shape index (κ2) is 5.23. The van der Waals surface area contributed by atoms with E-state index in [2.05, 4.69) is 17.2 Å². The van der Waals surface area contributed by atoms with Crippen LogP contribution in [-0.2, 0) is 6.54 Å². The van der Waals surface area contributed by atoms with Crippen molar-refractivity contribution in [1.82, 2.24) is 15.0 Å². The lowest BCUT2D eigenvalue weighted by Gasteiger charge is -2.05. The summed E-state index contributed by atoms with van der Waals surface area (Å²) in [5, 5.41) is 8.02. The van der Waals surface area contributed by atoms with E-state index in [1.807, 2.05) is 4.68 Å². The highest BCUT2D eigenvalue weighted by molar-refractivity contribution is 5.73. The maximum atomic E-state index is 10.8. The van der Waals surface area contributed by atoms with Crippen molar-refractivity contribution in [3.05, 3.63) is 11.4 Å². The summed E-state index contributed by atoms with van der Waals surface area (Å²) in [7, 11) is 0. The molecule has 1 fully saturated rings. The molecule has 0 unspecified atom stereocenters. The number of hydrogen-bond donors (Lipinski definition) is 0. The Morgan fingerprint density at radius 3 is 2.81 bits per heavy atom. The number of aldehydes is 1. The molecule has 0 bridgehead atoms. The van der Waals surface area contributed by atoms with Crippen LogP contribution in [0.3, 0.4) is 0 Å². The van der Waals surface area contributed by atoms with Gasteiger partial charge >= 0.3 is 0 Å². The molecule has 88 valence electrons. The fraction of sp³-hybridized carbons (Fsp3) is 0.750. The number of rotatable bonds is 7. The molecule has 1 aliphatic rings. The van der Waals surface area contributed by atoms with E-state index in [9.17, 15) is 4.79 Å². The molecule has 0 aromatic carbocycles. The normalized spacial score (nSPS) is 15.3. The second-order valence-electron chi connectivity index (χ2n) is 4.54. The Morgan fingerprint density at radius 1 is 1.38 bits per heavy atom. The smallest absolute Gasteiger partial charge is 0.172 e. The highest BCUT2D eigenvalue weighted by Gasteiger charge is 2.30. The standard InChI is InChI=1S/C12H19N3O/c1-2-3-4-5-8-15-12(10-6-7-10)11(9-16)13-14-15/h9-10H,2-8H2,1H3. The maximum Gasteiger partial charge on any atom is 0.172 e. The summed E-state index contributed by atoms with van der Waals surface area (Å²) in [5.41, 5.74) is 1.63. The van der Waals surface area contributed by atoms with Gasteiger partial charge in [0.25, 0.3) is 0 Å². The summed E-state index contributed by atoms with van der Waals surface area (Å²) in [6, 6.07) is 0. The molecule has 1 aromatic rings. The number of hydrogen-bond acceptors (Lipinski definition) is 3. The minimum atomic E-state index is 0.543. The lowest BCUT2D eigenvalue weighted by atomic mass is 10.2. The molecule has 4 nitrogen and oxygen atoms in total. The molecule has 1 saturated carbocycles. The highest BCUT2D eigenvalue weighted by atomic mass is 16.1. The summed E-state index contributed by atoms with van der Waals surface area (Å²) in [6.07, 6.45) is 8.09. The summed E-state index contributed by atoms with van der Waals surface area (Å²) in [4.78, 5) is 10.8. The van der Waals surface area contributed by atoms with Crippen molar-refractivity contribution in [2.45, 2.75) is 57.9 Å². The van der Waals surface area contributed by atoms with Crippen molar-refractivity contribution < 1.29 is 4.79 Å². The van der Waals surface area contributed by atoms with E-state index in [1.54, 1.807) is 0 Å². The number of nitrogens with zero attached hydrogens (tertiary/aromatic N) is 3. The topological polar surface area (TPSA) is 47.8 Å². The van der Waals surface area contributed by atoms with Gasteiger partial charge in [-0.1, -0.05) is 31.4 Å². The molecule has 0 spiro atoms. The van der Waals surface area contributed by atoms with Crippen molar-refractivity contribution in [3.63, 3.8) is 0 Å². The molecule has 1 aliphatic carbocycles. The molecule has 0 atom stereocenters. The molecule has 0 amide bonds. The zero-order valence-electron chi connectivity index (χ0n) is 9.85. The van der Waals surface area contributed by atoms with Crippen LogP contribution in [0.2, 0.25) is 0 Å². The zero-order chi connectivity index (χ0) is 11.4. The molecule has 4 heteroatoms. The molecular formula is C12H19N3O. The van der Waals surface area contributed by atoms with Crippen molar-refractivity contribution >= 4 is 6.29 Å². The van der Waals surface area contributed by atoms with Gasteiger partial charge in [-0.2, -0.15) is 0 Å². The first-order chi connectivity index (χ1) is 7.86. The van der Waals surface area contributed by atoms with Crippen molar-refractivity contribution in [2.24, 2.45) is 0 Å². The van der Waals surface area contributed by atoms with Gasteiger partial charge in [-0.05, 0) is 19.3 Å². The lowest BCUT2D eigenvalue weighted by molar-refractivity contribution is 0.111. The van der Waals surface area contributed by atoms with Gasteiger partial charge < -0.3 is 0 Å². The Morgan fingerprint density at radius 2 is 2.19 bits per heavy atom. The molecule has 1 aromatic heterocycles. The third-order valence-electron chi connectivity index (χ3n) is 3.10. The van der Waals surface area contributed by atoms with E-state index in [-0.39, 0.29) is 0 Å². The van der Waals surface area contributed by atoms with Crippen LogP contribution in [0.25, 0.3) is 0 Å². The average Bonchev–Trinajstić information content (AvgIpc) is 3.06. The predicted octanol–water partition coefficient (Wildman–Crippen LogP) is 2.55. The number of carbonyl (C=O) groups excluding carboxylic acids is 1. The maximum absolute atomic E-state index is 10.8. The van der Waals surface area contributed by atoms with Crippen LogP contribution in [-0.4, -0.2) is 21.3 Å². The monoisotopic (exact) mass is 221 g/mol. The van der Waals surface area contributed by atoms with Gasteiger partial charge in [0, 0.05) is 12.5 Å². The van der Waals surface area contributed by atoms with Crippen LogP contribution in [0.5, 0.6) is 0 Å². The third-order valence-corrected chi connectivity index (χ3v) is 3.10. The van der Waals surface area contributed by atoms with Crippen LogP contribution in [0.4, 0.5) is 0 Å². The van der Waals surface area contributed by atoms with Gasteiger partial charge in [-0.15, -0.1) is 5.10 Å². The van der Waals surface area contributed by atoms with Crippen LogP contribution in [0, 0.1) is 0 Å². The Bertz CT molecular complexity index is 355. The largest absolute Gasteiger partial charge is 0.296 e. The molecule has 1 heterocycles. The molecule has 0 radical (unpaired) electrons. The minimum absolute atomic E-state index is 0.543. The van der Waals surface area contributed by atoms with Crippen molar-refractivity contribution in [3.8, 4) is 0 Å². The van der Waals surface area contributed by atoms with E-state index < -0.39 is 0 Å². The van der Waals surface area contributed by atoms with E-state index in [1.165, 1.54) is 32.1 Å². The molecule has 2 rings (SSSR count). The first-order valence-electron chi connectivity index (χ1n) is 6.25. The summed E-state index contributed by atoms with van der Waals surface area (Å²) in [5.74, 6) is 0.543. The van der Waals surface area contributed by atoms with E-state index in [0.29, 0.717) is 11.6 Å². The average molecular weight is 221 g/mol. The minimum Gasteiger partial charge on any atom is -0.296 e. The fourth-order valence-corrected chi connectivity index (χ4v) is 2.05. The molecule has 0 N–H and O–H groups in total. The van der Waals surface area contributed by atoms with Crippen LogP contribution in [0.1, 0.15) is 67.5 Å². The molecule has 0 saturated heterocycles. The summed E-state index contributed by atoms with van der Waals surface area (Å²) < 4.78 is 1.94. The van der Waals surface area contributed by atoms with Gasteiger partial charge in [0.05, 0.1) is 5.69 Å². The molecule has 0 aliphatic heterocycles. The predicted molar refractivity (Wildman–Crippen MR) is 61.5 cm³/mol. The SMILES string of the molecule is CCCCCCn1nnc(C=O)c1C1CC1. The number of aryl methyl sites for hydroxylation is 1. The fourth-order valence-electron chi connectivity index (χ4n) is 2.05. The summed E-state index contributed by atoms with van der Waals surface area (Å²) >= 11 is 0. The second-order valence-corrected chi connectivity index (χ2v) is 4.54.